The Bertz CT molecular complexity index is 394. The van der Waals surface area contributed by atoms with E-state index in [1.54, 1.807) is 0 Å². The highest BCUT2D eigenvalue weighted by molar-refractivity contribution is 5.66. The van der Waals surface area contributed by atoms with E-state index in [2.05, 4.69) is 33.2 Å². The van der Waals surface area contributed by atoms with E-state index in [-0.39, 0.29) is 0 Å². The van der Waals surface area contributed by atoms with Crippen molar-refractivity contribution in [2.45, 2.75) is 25.8 Å². The van der Waals surface area contributed by atoms with Gasteiger partial charge in [0, 0.05) is 13.1 Å². The molecule has 0 aromatic heterocycles. The Morgan fingerprint density at radius 1 is 1.00 bits per heavy atom. The van der Waals surface area contributed by atoms with Gasteiger partial charge in [0.05, 0.1) is 12.2 Å². The van der Waals surface area contributed by atoms with Gasteiger partial charge in [-0.1, -0.05) is 24.6 Å². The summed E-state index contributed by atoms with van der Waals surface area (Å²) in [4.78, 5) is 4.51. The van der Waals surface area contributed by atoms with Crippen molar-refractivity contribution < 1.29 is 0 Å². The molecule has 1 aromatic rings. The molecule has 2 aliphatic rings. The Morgan fingerprint density at radius 2 is 1.81 bits per heavy atom. The first kappa shape index (κ1) is 9.85. The molecule has 1 fully saturated rings. The van der Waals surface area contributed by atoms with Gasteiger partial charge in [0.1, 0.15) is 6.34 Å². The zero-order valence-corrected chi connectivity index (χ0v) is 9.47. The fourth-order valence-electron chi connectivity index (χ4n) is 2.42. The van der Waals surface area contributed by atoms with Crippen LogP contribution < -0.4 is 0 Å². The van der Waals surface area contributed by atoms with Gasteiger partial charge >= 0.3 is 0 Å². The maximum Gasteiger partial charge on any atom is 0.106 e. The molecule has 3 heteroatoms. The lowest BCUT2D eigenvalue weighted by Gasteiger charge is -2.37. The predicted molar refractivity (Wildman–Crippen MR) is 65.6 cm³/mol. The number of aliphatic imine (C=N–C) groups is 1. The number of nitrogens with zero attached hydrogens (tertiary/aromatic N) is 3. The molecule has 0 N–H and O–H groups in total. The first-order chi connectivity index (χ1) is 7.93. The molecule has 84 valence electrons. The van der Waals surface area contributed by atoms with Gasteiger partial charge in [-0.15, -0.1) is 0 Å². The van der Waals surface area contributed by atoms with Crippen LogP contribution in [0.2, 0.25) is 0 Å². The van der Waals surface area contributed by atoms with Gasteiger partial charge in [-0.05, 0) is 24.5 Å². The molecule has 1 saturated heterocycles. The summed E-state index contributed by atoms with van der Waals surface area (Å²) in [6.45, 7) is 3.32. The van der Waals surface area contributed by atoms with Crippen LogP contribution in [0, 0.1) is 0 Å². The topological polar surface area (TPSA) is 18.8 Å². The second-order valence-electron chi connectivity index (χ2n) is 4.49. The number of benzene rings is 1. The van der Waals surface area contributed by atoms with Crippen molar-refractivity contribution in [1.82, 2.24) is 10.0 Å². The number of hydrogen-bond acceptors (Lipinski definition) is 3. The smallest absolute Gasteiger partial charge is 0.106 e. The molecule has 2 aliphatic heterocycles. The second-order valence-corrected chi connectivity index (χ2v) is 4.49. The highest BCUT2D eigenvalue weighted by atomic mass is 15.6. The number of fused-ring (bicyclic) bond motifs is 1. The second kappa shape index (κ2) is 4.26. The fourth-order valence-corrected chi connectivity index (χ4v) is 2.42. The molecule has 16 heavy (non-hydrogen) atoms. The quantitative estimate of drug-likeness (QED) is 0.717. The molecular weight excluding hydrogens is 198 g/mol. The van der Waals surface area contributed by atoms with E-state index in [0.29, 0.717) is 0 Å². The molecule has 1 aromatic carbocycles. The molecule has 0 amide bonds. The van der Waals surface area contributed by atoms with Crippen molar-refractivity contribution in [3.8, 4) is 0 Å². The largest absolute Gasteiger partial charge is 0.291 e. The molecule has 0 bridgehead atoms. The molecule has 2 heterocycles. The molecule has 0 spiro atoms. The van der Waals surface area contributed by atoms with Crippen LogP contribution in [0.3, 0.4) is 0 Å². The minimum absolute atomic E-state index is 0.972. The lowest BCUT2D eigenvalue weighted by atomic mass is 10.1. The van der Waals surface area contributed by atoms with E-state index in [4.69, 9.17) is 0 Å². The Labute approximate surface area is 96.4 Å². The van der Waals surface area contributed by atoms with Crippen molar-refractivity contribution in [3.05, 3.63) is 29.8 Å². The SMILES string of the molecule is C1=Nc2ccccc2CN1N1CCCCC1. The first-order valence-electron chi connectivity index (χ1n) is 6.07. The van der Waals surface area contributed by atoms with Crippen molar-refractivity contribution in [2.24, 2.45) is 4.99 Å². The Hall–Kier alpha value is -1.35. The van der Waals surface area contributed by atoms with E-state index in [1.807, 2.05) is 12.4 Å². The number of rotatable bonds is 1. The summed E-state index contributed by atoms with van der Waals surface area (Å²) in [5.41, 5.74) is 2.45. The fraction of sp³-hybridized carbons (Fsp3) is 0.462. The summed E-state index contributed by atoms with van der Waals surface area (Å²) >= 11 is 0. The molecule has 3 rings (SSSR count). The van der Waals surface area contributed by atoms with Crippen LogP contribution in [-0.2, 0) is 6.54 Å². The highest BCUT2D eigenvalue weighted by Crippen LogP contribution is 2.25. The Morgan fingerprint density at radius 3 is 2.69 bits per heavy atom. The minimum atomic E-state index is 0.972. The van der Waals surface area contributed by atoms with Crippen molar-refractivity contribution >= 4 is 12.0 Å². The molecule has 0 aliphatic carbocycles. The number of hydrazine groups is 1. The van der Waals surface area contributed by atoms with E-state index >= 15 is 0 Å². The molecule has 0 radical (unpaired) electrons. The first-order valence-corrected chi connectivity index (χ1v) is 6.07. The van der Waals surface area contributed by atoms with Crippen LogP contribution in [0.1, 0.15) is 24.8 Å². The minimum Gasteiger partial charge on any atom is -0.291 e. The van der Waals surface area contributed by atoms with Gasteiger partial charge in [0.2, 0.25) is 0 Å². The third-order valence-electron chi connectivity index (χ3n) is 3.35. The Kier molecular flexibility index (Phi) is 2.62. The Balaban J connectivity index is 1.77. The van der Waals surface area contributed by atoms with Gasteiger partial charge in [0.25, 0.3) is 0 Å². The summed E-state index contributed by atoms with van der Waals surface area (Å²) in [5.74, 6) is 0. The third-order valence-corrected chi connectivity index (χ3v) is 3.35. The zero-order chi connectivity index (χ0) is 10.8. The molecular formula is C13H17N3. The summed E-state index contributed by atoms with van der Waals surface area (Å²) < 4.78 is 0. The maximum atomic E-state index is 4.51. The average Bonchev–Trinajstić information content (AvgIpc) is 2.39. The number of hydrogen-bond donors (Lipinski definition) is 0. The monoisotopic (exact) mass is 215 g/mol. The van der Waals surface area contributed by atoms with Gasteiger partial charge < -0.3 is 0 Å². The normalized spacial score (nSPS) is 20.9. The number of para-hydroxylation sites is 1. The van der Waals surface area contributed by atoms with E-state index < -0.39 is 0 Å². The summed E-state index contributed by atoms with van der Waals surface area (Å²) in [5, 5.41) is 4.68. The summed E-state index contributed by atoms with van der Waals surface area (Å²) in [6, 6.07) is 8.39. The lowest BCUT2D eigenvalue weighted by molar-refractivity contribution is 0.0226. The molecule has 0 atom stereocenters. The van der Waals surface area contributed by atoms with Crippen LogP contribution in [0.5, 0.6) is 0 Å². The van der Waals surface area contributed by atoms with Crippen molar-refractivity contribution in [2.75, 3.05) is 13.1 Å². The molecule has 0 saturated carbocycles. The van der Waals surface area contributed by atoms with Crippen molar-refractivity contribution in [1.29, 1.82) is 0 Å². The maximum absolute atomic E-state index is 4.51. The van der Waals surface area contributed by atoms with Crippen LogP contribution in [0.15, 0.2) is 29.3 Å². The standard InChI is InChI=1S/C13H17N3/c1-4-8-15(9-5-1)16-10-12-6-2-3-7-13(12)14-11-16/h2-3,6-7,11H,1,4-5,8-10H2. The predicted octanol–water partition coefficient (Wildman–Crippen LogP) is 2.56. The van der Waals surface area contributed by atoms with E-state index in [0.717, 1.165) is 12.2 Å². The average molecular weight is 215 g/mol. The van der Waals surface area contributed by atoms with Gasteiger partial charge in [0.15, 0.2) is 0 Å². The molecule has 3 nitrogen and oxygen atoms in total. The summed E-state index contributed by atoms with van der Waals surface area (Å²) in [7, 11) is 0. The zero-order valence-electron chi connectivity index (χ0n) is 9.47. The number of piperidine rings is 1. The van der Waals surface area contributed by atoms with Crippen LogP contribution in [-0.4, -0.2) is 29.4 Å². The van der Waals surface area contributed by atoms with Crippen LogP contribution in [0.25, 0.3) is 0 Å². The van der Waals surface area contributed by atoms with Crippen LogP contribution in [0.4, 0.5) is 5.69 Å². The van der Waals surface area contributed by atoms with Crippen molar-refractivity contribution in [3.63, 3.8) is 0 Å². The third kappa shape index (κ3) is 1.83. The van der Waals surface area contributed by atoms with E-state index in [9.17, 15) is 0 Å². The van der Waals surface area contributed by atoms with Gasteiger partial charge in [-0.3, -0.25) is 5.01 Å². The van der Waals surface area contributed by atoms with E-state index in [1.165, 1.54) is 37.9 Å². The van der Waals surface area contributed by atoms with Gasteiger partial charge in [-0.25, -0.2) is 10.0 Å². The molecule has 0 unspecified atom stereocenters. The van der Waals surface area contributed by atoms with Gasteiger partial charge in [-0.2, -0.15) is 0 Å². The lowest BCUT2D eigenvalue weighted by Crippen LogP contribution is -2.45. The highest BCUT2D eigenvalue weighted by Gasteiger charge is 2.19. The summed E-state index contributed by atoms with van der Waals surface area (Å²) in [6.07, 6.45) is 5.98. The van der Waals surface area contributed by atoms with Crippen LogP contribution >= 0.6 is 0 Å².